The maximum atomic E-state index is 12.4. The normalized spacial score (nSPS) is 23.6. The Morgan fingerprint density at radius 2 is 1.58 bits per heavy atom. The Balaban J connectivity index is 1.75. The van der Waals surface area contributed by atoms with E-state index in [-0.39, 0.29) is 17.9 Å². The number of hydrogen-bond acceptors (Lipinski definition) is 2. The van der Waals surface area contributed by atoms with Crippen LogP contribution >= 0.6 is 0 Å². The van der Waals surface area contributed by atoms with Gasteiger partial charge in [0.25, 0.3) is 5.91 Å². The molecule has 2 aromatic rings. The Morgan fingerprint density at radius 3 is 2.17 bits per heavy atom. The molecular formula is C21H25NO2. The maximum Gasteiger partial charge on any atom is 0.251 e. The van der Waals surface area contributed by atoms with Crippen molar-refractivity contribution in [1.82, 2.24) is 5.32 Å². The minimum atomic E-state index is -0.0304. The molecule has 24 heavy (non-hydrogen) atoms. The van der Waals surface area contributed by atoms with Crippen LogP contribution in [0.5, 0.6) is 0 Å². The lowest BCUT2D eigenvalue weighted by Gasteiger charge is -2.40. The van der Waals surface area contributed by atoms with Gasteiger partial charge in [-0.2, -0.15) is 0 Å². The van der Waals surface area contributed by atoms with E-state index in [9.17, 15) is 9.90 Å². The molecule has 1 aliphatic rings. The molecule has 0 unspecified atom stereocenters. The summed E-state index contributed by atoms with van der Waals surface area (Å²) in [5.41, 5.74) is 1.96. The van der Waals surface area contributed by atoms with E-state index in [1.54, 1.807) is 0 Å². The fourth-order valence-electron chi connectivity index (χ4n) is 3.71. The Morgan fingerprint density at radius 1 is 1.00 bits per heavy atom. The van der Waals surface area contributed by atoms with Crippen LogP contribution in [0.4, 0.5) is 0 Å². The maximum absolute atomic E-state index is 12.4. The zero-order valence-electron chi connectivity index (χ0n) is 13.9. The quantitative estimate of drug-likeness (QED) is 0.884. The third kappa shape index (κ3) is 3.68. The molecule has 1 amide bonds. The second kappa shape index (κ2) is 7.63. The van der Waals surface area contributed by atoms with Crippen molar-refractivity contribution in [1.29, 1.82) is 0 Å². The van der Waals surface area contributed by atoms with Crippen LogP contribution in [0.2, 0.25) is 0 Å². The molecular weight excluding hydrogens is 298 g/mol. The number of rotatable bonds is 5. The lowest BCUT2D eigenvalue weighted by atomic mass is 9.66. The number of aliphatic hydroxyl groups is 1. The van der Waals surface area contributed by atoms with Crippen LogP contribution in [0.1, 0.15) is 41.6 Å². The van der Waals surface area contributed by atoms with Gasteiger partial charge >= 0.3 is 0 Å². The Kier molecular flexibility index (Phi) is 5.31. The zero-order valence-corrected chi connectivity index (χ0v) is 13.9. The van der Waals surface area contributed by atoms with Gasteiger partial charge in [0.05, 0.1) is 0 Å². The fraction of sp³-hybridized carbons (Fsp3) is 0.381. The summed E-state index contributed by atoms with van der Waals surface area (Å²) < 4.78 is 0. The minimum absolute atomic E-state index is 0.0183. The Hall–Kier alpha value is -2.13. The SMILES string of the molecule is O=C(NCC1(c2ccccc2)CCC(CO)CC1)c1ccccc1. The first-order valence-corrected chi connectivity index (χ1v) is 8.73. The summed E-state index contributed by atoms with van der Waals surface area (Å²) in [4.78, 5) is 12.4. The number of aliphatic hydroxyl groups excluding tert-OH is 1. The van der Waals surface area contributed by atoms with E-state index in [1.807, 2.05) is 36.4 Å². The Bertz CT molecular complexity index is 646. The summed E-state index contributed by atoms with van der Waals surface area (Å²) in [5.74, 6) is 0.377. The first-order chi connectivity index (χ1) is 11.7. The first-order valence-electron chi connectivity index (χ1n) is 8.73. The molecule has 0 aromatic heterocycles. The highest BCUT2D eigenvalue weighted by Crippen LogP contribution is 2.41. The topological polar surface area (TPSA) is 49.3 Å². The summed E-state index contributed by atoms with van der Waals surface area (Å²) in [7, 11) is 0. The predicted molar refractivity (Wildman–Crippen MR) is 95.9 cm³/mol. The van der Waals surface area contributed by atoms with E-state index in [0.717, 1.165) is 25.7 Å². The third-order valence-corrected chi connectivity index (χ3v) is 5.33. The molecule has 0 saturated heterocycles. The summed E-state index contributed by atoms with van der Waals surface area (Å²) in [6.07, 6.45) is 4.01. The van der Waals surface area contributed by atoms with Gasteiger partial charge in [0.1, 0.15) is 0 Å². The lowest BCUT2D eigenvalue weighted by Crippen LogP contribution is -2.43. The van der Waals surface area contributed by atoms with Crippen molar-refractivity contribution in [2.24, 2.45) is 5.92 Å². The number of carbonyl (C=O) groups excluding carboxylic acids is 1. The van der Waals surface area contributed by atoms with Crippen LogP contribution in [0.15, 0.2) is 60.7 Å². The smallest absolute Gasteiger partial charge is 0.251 e. The fourth-order valence-corrected chi connectivity index (χ4v) is 3.71. The second-order valence-corrected chi connectivity index (χ2v) is 6.82. The molecule has 3 nitrogen and oxygen atoms in total. The molecule has 0 radical (unpaired) electrons. The van der Waals surface area contributed by atoms with Crippen molar-refractivity contribution in [2.75, 3.05) is 13.2 Å². The highest BCUT2D eigenvalue weighted by Gasteiger charge is 2.36. The zero-order chi connectivity index (χ0) is 16.8. The van der Waals surface area contributed by atoms with Gasteiger partial charge in [0, 0.05) is 24.1 Å². The van der Waals surface area contributed by atoms with E-state index in [2.05, 4.69) is 29.6 Å². The molecule has 1 aliphatic carbocycles. The van der Waals surface area contributed by atoms with Gasteiger partial charge < -0.3 is 10.4 Å². The Labute approximate surface area is 143 Å². The van der Waals surface area contributed by atoms with Gasteiger partial charge in [-0.25, -0.2) is 0 Å². The molecule has 2 N–H and O–H groups in total. The average molecular weight is 323 g/mol. The summed E-state index contributed by atoms with van der Waals surface area (Å²) >= 11 is 0. The van der Waals surface area contributed by atoms with Gasteiger partial charge in [0.15, 0.2) is 0 Å². The molecule has 1 fully saturated rings. The van der Waals surface area contributed by atoms with Crippen molar-refractivity contribution >= 4 is 5.91 Å². The van der Waals surface area contributed by atoms with E-state index in [4.69, 9.17) is 0 Å². The molecule has 2 aromatic carbocycles. The number of nitrogens with one attached hydrogen (secondary N) is 1. The van der Waals surface area contributed by atoms with E-state index < -0.39 is 0 Å². The number of amides is 1. The molecule has 0 spiro atoms. The van der Waals surface area contributed by atoms with Crippen LogP contribution < -0.4 is 5.32 Å². The van der Waals surface area contributed by atoms with Crippen LogP contribution in [0.25, 0.3) is 0 Å². The van der Waals surface area contributed by atoms with Gasteiger partial charge in [-0.3, -0.25) is 4.79 Å². The van der Waals surface area contributed by atoms with E-state index in [1.165, 1.54) is 5.56 Å². The molecule has 3 rings (SSSR count). The number of carbonyl (C=O) groups is 1. The molecule has 1 saturated carbocycles. The molecule has 0 aliphatic heterocycles. The lowest BCUT2D eigenvalue weighted by molar-refractivity contribution is 0.0923. The largest absolute Gasteiger partial charge is 0.396 e. The average Bonchev–Trinajstić information content (AvgIpc) is 2.68. The predicted octanol–water partition coefficient (Wildman–Crippen LogP) is 3.54. The van der Waals surface area contributed by atoms with Crippen molar-refractivity contribution in [2.45, 2.75) is 31.1 Å². The van der Waals surface area contributed by atoms with Gasteiger partial charge in [0.2, 0.25) is 0 Å². The summed E-state index contributed by atoms with van der Waals surface area (Å²) in [6.45, 7) is 0.907. The summed E-state index contributed by atoms with van der Waals surface area (Å²) in [5, 5.41) is 12.6. The molecule has 126 valence electrons. The van der Waals surface area contributed by atoms with Crippen LogP contribution in [-0.4, -0.2) is 24.2 Å². The molecule has 0 heterocycles. The van der Waals surface area contributed by atoms with Gasteiger partial charge in [-0.1, -0.05) is 48.5 Å². The number of benzene rings is 2. The van der Waals surface area contributed by atoms with Crippen molar-refractivity contribution in [3.63, 3.8) is 0 Å². The van der Waals surface area contributed by atoms with Crippen LogP contribution in [0, 0.1) is 5.92 Å². The highest BCUT2D eigenvalue weighted by molar-refractivity contribution is 5.94. The molecule has 3 heteroatoms. The van der Waals surface area contributed by atoms with Crippen molar-refractivity contribution < 1.29 is 9.90 Å². The first kappa shape index (κ1) is 16.7. The monoisotopic (exact) mass is 323 g/mol. The van der Waals surface area contributed by atoms with E-state index in [0.29, 0.717) is 18.0 Å². The van der Waals surface area contributed by atoms with Gasteiger partial charge in [-0.15, -0.1) is 0 Å². The molecule has 0 atom stereocenters. The third-order valence-electron chi connectivity index (χ3n) is 5.33. The van der Waals surface area contributed by atoms with E-state index >= 15 is 0 Å². The highest BCUT2D eigenvalue weighted by atomic mass is 16.3. The van der Waals surface area contributed by atoms with Gasteiger partial charge in [-0.05, 0) is 49.3 Å². The van der Waals surface area contributed by atoms with Crippen molar-refractivity contribution in [3.8, 4) is 0 Å². The minimum Gasteiger partial charge on any atom is -0.396 e. The van der Waals surface area contributed by atoms with Crippen LogP contribution in [-0.2, 0) is 5.41 Å². The van der Waals surface area contributed by atoms with Crippen LogP contribution in [0.3, 0.4) is 0 Å². The summed E-state index contributed by atoms with van der Waals surface area (Å²) in [6, 6.07) is 19.8. The number of hydrogen-bond donors (Lipinski definition) is 2. The van der Waals surface area contributed by atoms with Crippen molar-refractivity contribution in [3.05, 3.63) is 71.8 Å². The standard InChI is InChI=1S/C21H25NO2/c23-15-17-11-13-21(14-12-17,19-9-5-2-6-10-19)16-22-20(24)18-7-3-1-4-8-18/h1-10,17,23H,11-16H2,(H,22,24). The second-order valence-electron chi connectivity index (χ2n) is 6.82. The molecule has 0 bridgehead atoms.